The van der Waals surface area contributed by atoms with Crippen LogP contribution in [-0.4, -0.2) is 44.5 Å². The highest BCUT2D eigenvalue weighted by molar-refractivity contribution is 14.1. The third-order valence-corrected chi connectivity index (χ3v) is 7.01. The largest absolute Gasteiger partial charge is 0.495 e. The van der Waals surface area contributed by atoms with Crippen molar-refractivity contribution < 1.29 is 23.8 Å². The summed E-state index contributed by atoms with van der Waals surface area (Å²) in [6.07, 6.45) is 3.90. The Balaban J connectivity index is 0.000000233. The summed E-state index contributed by atoms with van der Waals surface area (Å²) in [5, 5.41) is 1.24. The first-order valence-corrected chi connectivity index (χ1v) is 12.3. The molecular formula is C20H19ClI2N2O5S. The van der Waals surface area contributed by atoms with Gasteiger partial charge in [0.05, 0.1) is 42.8 Å². The number of methoxy groups -OCH3 is 3. The summed E-state index contributed by atoms with van der Waals surface area (Å²) in [4.78, 5) is 27.2. The topological polar surface area (TPSA) is 104 Å². The quantitative estimate of drug-likeness (QED) is 0.159. The summed E-state index contributed by atoms with van der Waals surface area (Å²) in [5.74, 6) is -0.286. The number of nitrogen functional groups attached to an aromatic ring is 1. The molecule has 3 aromatic rings. The van der Waals surface area contributed by atoms with Gasteiger partial charge in [0.25, 0.3) is 0 Å². The number of hydrogen-bond acceptors (Lipinski definition) is 7. The Morgan fingerprint density at radius 1 is 1.03 bits per heavy atom. The lowest BCUT2D eigenvalue weighted by atomic mass is 10.1. The fraction of sp³-hybridized carbons (Fsp3) is 0.200. The lowest BCUT2D eigenvalue weighted by Gasteiger charge is -2.10. The Bertz CT molecular complexity index is 1140. The molecule has 1 aromatic heterocycles. The molecule has 0 aliphatic heterocycles. The number of esters is 2. The monoisotopic (exact) mass is 688 g/mol. The molecule has 11 heteroatoms. The van der Waals surface area contributed by atoms with E-state index >= 15 is 0 Å². The van der Waals surface area contributed by atoms with E-state index in [9.17, 15) is 9.59 Å². The highest BCUT2D eigenvalue weighted by Crippen LogP contribution is 2.39. The van der Waals surface area contributed by atoms with Gasteiger partial charge in [-0.3, -0.25) is 0 Å². The number of halogens is 3. The number of anilines is 1. The van der Waals surface area contributed by atoms with Crippen LogP contribution in [0.5, 0.6) is 5.75 Å². The zero-order chi connectivity index (χ0) is 23.3. The van der Waals surface area contributed by atoms with E-state index < -0.39 is 5.97 Å². The first kappa shape index (κ1) is 25.9. The molecule has 166 valence electrons. The fourth-order valence-electron chi connectivity index (χ4n) is 2.68. The average molecular weight is 689 g/mol. The number of nitrogens with two attached hydrogens (primary N) is 1. The second-order valence-corrected chi connectivity index (χ2v) is 9.46. The molecule has 3 rings (SSSR count). The van der Waals surface area contributed by atoms with Crippen molar-refractivity contribution in [1.82, 2.24) is 4.98 Å². The van der Waals surface area contributed by atoms with Gasteiger partial charge >= 0.3 is 11.9 Å². The van der Waals surface area contributed by atoms with Crippen molar-refractivity contribution >= 4 is 97.1 Å². The van der Waals surface area contributed by atoms with Gasteiger partial charge in [0, 0.05) is 23.9 Å². The first-order chi connectivity index (χ1) is 14.7. The molecule has 0 saturated heterocycles. The normalized spacial score (nSPS) is 10.3. The van der Waals surface area contributed by atoms with Crippen LogP contribution in [0, 0.1) is 7.14 Å². The minimum absolute atomic E-state index is 0.310. The smallest absolute Gasteiger partial charge is 0.341 e. The molecular weight excluding hydrogens is 670 g/mol. The molecule has 0 fully saturated rings. The van der Waals surface area contributed by atoms with Crippen LogP contribution in [0.1, 0.15) is 20.7 Å². The number of fused-ring (bicyclic) bond motifs is 1. The molecule has 0 aliphatic rings. The van der Waals surface area contributed by atoms with Crippen LogP contribution in [0.4, 0.5) is 5.69 Å². The summed E-state index contributed by atoms with van der Waals surface area (Å²) in [6.45, 7) is 0. The van der Waals surface area contributed by atoms with Gasteiger partial charge in [0.15, 0.2) is 0 Å². The Hall–Kier alpha value is -1.38. The molecule has 31 heavy (non-hydrogen) atoms. The van der Waals surface area contributed by atoms with E-state index in [1.165, 1.54) is 20.3 Å². The van der Waals surface area contributed by atoms with Crippen molar-refractivity contribution in [2.45, 2.75) is 4.90 Å². The van der Waals surface area contributed by atoms with Crippen molar-refractivity contribution in [2.24, 2.45) is 0 Å². The van der Waals surface area contributed by atoms with Gasteiger partial charge in [-0.05, 0) is 69.6 Å². The maximum Gasteiger partial charge on any atom is 0.341 e. The molecule has 2 aromatic carbocycles. The lowest BCUT2D eigenvalue weighted by molar-refractivity contribution is 0.0590. The number of rotatable bonds is 4. The van der Waals surface area contributed by atoms with Gasteiger partial charge in [-0.25, -0.2) is 9.59 Å². The van der Waals surface area contributed by atoms with E-state index in [2.05, 4.69) is 32.3 Å². The standard InChI is InChI=1S/C12H12INO3S.C8H7ClINO2/c1-16-11-6(12(15)17-2)4-7(13)10-9(11)8(18-3)5-14-10;1-13-8(12)4-2-6(10)7(11)3-5(4)9/h4-5,14H,1-3H3;2-3H,11H2,1H3. The van der Waals surface area contributed by atoms with E-state index in [0.717, 1.165) is 22.9 Å². The molecule has 0 saturated carbocycles. The number of carbonyl (C=O) groups excluding carboxylic acids is 2. The number of carbonyl (C=O) groups is 2. The summed E-state index contributed by atoms with van der Waals surface area (Å²) in [7, 11) is 4.23. The van der Waals surface area contributed by atoms with Gasteiger partial charge in [0.2, 0.25) is 0 Å². The summed E-state index contributed by atoms with van der Waals surface area (Å²) in [6, 6.07) is 4.91. The van der Waals surface area contributed by atoms with Gasteiger partial charge in [0.1, 0.15) is 11.3 Å². The third-order valence-electron chi connectivity index (χ3n) is 4.15. The summed E-state index contributed by atoms with van der Waals surface area (Å²) < 4.78 is 16.5. The number of aromatic nitrogens is 1. The predicted octanol–water partition coefficient (Wildman–Crippen LogP) is 5.60. The Labute approximate surface area is 216 Å². The van der Waals surface area contributed by atoms with Crippen molar-refractivity contribution in [3.05, 3.63) is 47.7 Å². The van der Waals surface area contributed by atoms with Gasteiger partial charge in [-0.1, -0.05) is 11.6 Å². The van der Waals surface area contributed by atoms with Crippen LogP contribution in [0.25, 0.3) is 10.9 Å². The number of hydrogen-bond donors (Lipinski definition) is 2. The van der Waals surface area contributed by atoms with Crippen LogP contribution in [0.15, 0.2) is 29.3 Å². The first-order valence-electron chi connectivity index (χ1n) is 8.52. The number of thioether (sulfide) groups is 1. The van der Waals surface area contributed by atoms with Gasteiger partial charge in [-0.2, -0.15) is 0 Å². The summed E-state index contributed by atoms with van der Waals surface area (Å²) in [5.41, 5.74) is 7.90. The SMILES string of the molecule is COC(=O)c1cc(I)c(N)cc1Cl.COC(=O)c1cc(I)c2[nH]cc(SC)c2c1OC. The predicted molar refractivity (Wildman–Crippen MR) is 141 cm³/mol. The molecule has 0 amide bonds. The minimum Gasteiger partial charge on any atom is -0.495 e. The van der Waals surface area contributed by atoms with E-state index in [0.29, 0.717) is 27.6 Å². The number of H-pyrrole nitrogens is 1. The number of aromatic amines is 1. The van der Waals surface area contributed by atoms with Crippen LogP contribution in [-0.2, 0) is 9.47 Å². The van der Waals surface area contributed by atoms with Crippen molar-refractivity contribution in [3.8, 4) is 5.75 Å². The van der Waals surface area contributed by atoms with E-state index in [4.69, 9.17) is 26.8 Å². The van der Waals surface area contributed by atoms with Gasteiger partial charge in [-0.15, -0.1) is 11.8 Å². The second kappa shape index (κ2) is 11.5. The van der Waals surface area contributed by atoms with Gasteiger partial charge < -0.3 is 24.9 Å². The number of ether oxygens (including phenoxy) is 3. The summed E-state index contributed by atoms with van der Waals surface area (Å²) >= 11 is 11.6. The second-order valence-electron chi connectivity index (χ2n) is 5.88. The molecule has 1 heterocycles. The Morgan fingerprint density at radius 2 is 1.61 bits per heavy atom. The number of nitrogens with one attached hydrogen (secondary N) is 1. The molecule has 0 aliphatic carbocycles. The zero-order valence-electron chi connectivity index (χ0n) is 17.0. The molecule has 7 nitrogen and oxygen atoms in total. The Morgan fingerprint density at radius 3 is 2.16 bits per heavy atom. The molecule has 3 N–H and O–H groups in total. The Kier molecular flexibility index (Phi) is 9.58. The molecule has 0 radical (unpaired) electrons. The fourth-order valence-corrected chi connectivity index (χ4v) is 4.71. The van der Waals surface area contributed by atoms with Crippen LogP contribution < -0.4 is 10.5 Å². The zero-order valence-corrected chi connectivity index (χ0v) is 22.9. The van der Waals surface area contributed by atoms with Crippen molar-refractivity contribution in [1.29, 1.82) is 0 Å². The molecule has 0 spiro atoms. The van der Waals surface area contributed by atoms with E-state index in [1.54, 1.807) is 31.0 Å². The van der Waals surface area contributed by atoms with E-state index in [-0.39, 0.29) is 5.97 Å². The highest BCUT2D eigenvalue weighted by atomic mass is 127. The maximum absolute atomic E-state index is 11.8. The van der Waals surface area contributed by atoms with Crippen LogP contribution in [0.2, 0.25) is 5.02 Å². The molecule has 0 unspecified atom stereocenters. The highest BCUT2D eigenvalue weighted by Gasteiger charge is 2.21. The van der Waals surface area contributed by atoms with Crippen molar-refractivity contribution in [3.63, 3.8) is 0 Å². The van der Waals surface area contributed by atoms with Crippen LogP contribution in [0.3, 0.4) is 0 Å². The lowest BCUT2D eigenvalue weighted by Crippen LogP contribution is -2.05. The average Bonchev–Trinajstić information content (AvgIpc) is 3.20. The van der Waals surface area contributed by atoms with E-state index in [1.807, 2.05) is 35.0 Å². The third kappa shape index (κ3) is 5.71. The minimum atomic E-state index is -0.456. The van der Waals surface area contributed by atoms with Crippen LogP contribution >= 0.6 is 68.5 Å². The van der Waals surface area contributed by atoms with Crippen molar-refractivity contribution in [2.75, 3.05) is 33.3 Å². The molecule has 0 bridgehead atoms. The molecule has 0 atom stereocenters. The number of benzene rings is 2. The maximum atomic E-state index is 11.8.